The van der Waals surface area contributed by atoms with Gasteiger partial charge in [-0.05, 0) is 57.3 Å². The summed E-state index contributed by atoms with van der Waals surface area (Å²) in [5.74, 6) is 0. The van der Waals surface area contributed by atoms with E-state index >= 15 is 0 Å². The molecule has 0 amide bonds. The Bertz CT molecular complexity index is 477. The van der Waals surface area contributed by atoms with Gasteiger partial charge in [0.2, 0.25) is 0 Å². The van der Waals surface area contributed by atoms with Gasteiger partial charge in [-0.15, -0.1) is 11.3 Å². The van der Waals surface area contributed by atoms with Crippen molar-refractivity contribution in [3.8, 4) is 0 Å². The fourth-order valence-electron chi connectivity index (χ4n) is 1.69. The average Bonchev–Trinajstić information content (AvgIpc) is 2.40. The Morgan fingerprint density at radius 3 is 2.53 bits per heavy atom. The molecule has 1 aromatic heterocycles. The smallest absolute Gasteiger partial charge is 0.0351 e. The first kappa shape index (κ1) is 10.5. The van der Waals surface area contributed by atoms with Crippen molar-refractivity contribution < 1.29 is 0 Å². The zero-order valence-corrected chi connectivity index (χ0v) is 10.5. The summed E-state index contributed by atoms with van der Waals surface area (Å²) in [5, 5.41) is 4.83. The maximum Gasteiger partial charge on any atom is 0.0351 e. The predicted octanol–water partition coefficient (Wildman–Crippen LogP) is 4.42. The predicted molar refractivity (Wildman–Crippen MR) is 69.9 cm³/mol. The fraction of sp³-hybridized carbons (Fsp3) is 0.385. The molecule has 0 atom stereocenters. The van der Waals surface area contributed by atoms with Crippen molar-refractivity contribution in [2.45, 2.75) is 33.2 Å². The average molecular weight is 219 g/mol. The highest BCUT2D eigenvalue weighted by Gasteiger charge is 2.09. The zero-order valence-electron chi connectivity index (χ0n) is 9.72. The Labute approximate surface area is 95.1 Å². The number of hydrogen-bond acceptors (Lipinski definition) is 2. The largest absolute Gasteiger partial charge is 0.380 e. The van der Waals surface area contributed by atoms with Crippen LogP contribution in [0.5, 0.6) is 0 Å². The van der Waals surface area contributed by atoms with Crippen molar-refractivity contribution in [2.75, 3.05) is 5.32 Å². The molecule has 1 nitrogen and oxygen atoms in total. The van der Waals surface area contributed by atoms with Crippen LogP contribution in [-0.4, -0.2) is 5.54 Å². The molecule has 0 spiro atoms. The van der Waals surface area contributed by atoms with Gasteiger partial charge in [-0.1, -0.05) is 0 Å². The van der Waals surface area contributed by atoms with E-state index in [1.165, 1.54) is 20.7 Å². The first-order valence-corrected chi connectivity index (χ1v) is 6.04. The van der Waals surface area contributed by atoms with Crippen molar-refractivity contribution >= 4 is 27.1 Å². The maximum absolute atomic E-state index is 3.49. The molecule has 80 valence electrons. The summed E-state index contributed by atoms with van der Waals surface area (Å²) < 4.78 is 1.37. The minimum Gasteiger partial charge on any atom is -0.380 e. The lowest BCUT2D eigenvalue weighted by atomic mass is 10.1. The van der Waals surface area contributed by atoms with E-state index in [2.05, 4.69) is 57.3 Å². The third kappa shape index (κ3) is 2.51. The standard InChI is InChI=1S/C13H17NS/c1-9-7-10-8-11(14-13(2,3)4)5-6-12(10)15-9/h5-8,14H,1-4H3. The molecule has 0 bridgehead atoms. The van der Waals surface area contributed by atoms with E-state index in [1.807, 2.05) is 11.3 Å². The summed E-state index contributed by atoms with van der Waals surface area (Å²) in [7, 11) is 0. The number of thiophene rings is 1. The van der Waals surface area contributed by atoms with E-state index < -0.39 is 0 Å². The molecule has 1 heterocycles. The monoisotopic (exact) mass is 219 g/mol. The molecule has 0 aliphatic carbocycles. The van der Waals surface area contributed by atoms with Gasteiger partial charge >= 0.3 is 0 Å². The number of aryl methyl sites for hydroxylation is 1. The number of fused-ring (bicyclic) bond motifs is 1. The third-order valence-electron chi connectivity index (χ3n) is 2.16. The Balaban J connectivity index is 2.38. The van der Waals surface area contributed by atoms with Gasteiger partial charge in [0.05, 0.1) is 0 Å². The van der Waals surface area contributed by atoms with E-state index in [0.29, 0.717) is 0 Å². The lowest BCUT2D eigenvalue weighted by Crippen LogP contribution is -2.25. The van der Waals surface area contributed by atoms with Gasteiger partial charge in [0.1, 0.15) is 0 Å². The number of nitrogens with one attached hydrogen (secondary N) is 1. The summed E-state index contributed by atoms with van der Waals surface area (Å²) in [6, 6.07) is 8.82. The van der Waals surface area contributed by atoms with Crippen molar-refractivity contribution in [2.24, 2.45) is 0 Å². The summed E-state index contributed by atoms with van der Waals surface area (Å²) in [5.41, 5.74) is 1.33. The Morgan fingerprint density at radius 1 is 1.13 bits per heavy atom. The molecule has 15 heavy (non-hydrogen) atoms. The van der Waals surface area contributed by atoms with Crippen LogP contribution in [0.4, 0.5) is 5.69 Å². The Kier molecular flexibility index (Phi) is 2.47. The summed E-state index contributed by atoms with van der Waals surface area (Å²) in [4.78, 5) is 1.37. The lowest BCUT2D eigenvalue weighted by molar-refractivity contribution is 0.634. The zero-order chi connectivity index (χ0) is 11.1. The van der Waals surface area contributed by atoms with Crippen molar-refractivity contribution in [1.82, 2.24) is 0 Å². The first-order chi connectivity index (χ1) is 6.94. The maximum atomic E-state index is 3.49. The van der Waals surface area contributed by atoms with Crippen LogP contribution in [0.15, 0.2) is 24.3 Å². The highest BCUT2D eigenvalue weighted by atomic mass is 32.1. The summed E-state index contributed by atoms with van der Waals surface area (Å²) >= 11 is 1.85. The molecule has 2 aromatic rings. The fourth-order valence-corrected chi connectivity index (χ4v) is 2.59. The van der Waals surface area contributed by atoms with Crippen molar-refractivity contribution in [1.29, 1.82) is 0 Å². The van der Waals surface area contributed by atoms with Gasteiger partial charge in [0.15, 0.2) is 0 Å². The van der Waals surface area contributed by atoms with E-state index in [4.69, 9.17) is 0 Å². The molecule has 0 aliphatic rings. The SMILES string of the molecule is Cc1cc2cc(NC(C)(C)C)ccc2s1. The van der Waals surface area contributed by atoms with Gasteiger partial charge in [-0.2, -0.15) is 0 Å². The quantitative estimate of drug-likeness (QED) is 0.748. The number of anilines is 1. The van der Waals surface area contributed by atoms with Gasteiger partial charge in [0.25, 0.3) is 0 Å². The highest BCUT2D eigenvalue weighted by Crippen LogP contribution is 2.28. The van der Waals surface area contributed by atoms with E-state index in [1.54, 1.807) is 0 Å². The molecule has 0 radical (unpaired) electrons. The molecule has 0 saturated heterocycles. The van der Waals surface area contributed by atoms with Crippen LogP contribution >= 0.6 is 11.3 Å². The van der Waals surface area contributed by atoms with E-state index in [0.717, 1.165) is 0 Å². The molecular weight excluding hydrogens is 202 g/mol. The van der Waals surface area contributed by atoms with Crippen molar-refractivity contribution in [3.05, 3.63) is 29.1 Å². The van der Waals surface area contributed by atoms with Crippen molar-refractivity contribution in [3.63, 3.8) is 0 Å². The van der Waals surface area contributed by atoms with E-state index in [9.17, 15) is 0 Å². The number of rotatable bonds is 1. The molecule has 1 N–H and O–H groups in total. The molecule has 1 aromatic carbocycles. The van der Waals surface area contributed by atoms with Crippen LogP contribution in [0, 0.1) is 6.92 Å². The minimum atomic E-state index is 0.124. The Hall–Kier alpha value is -1.02. The van der Waals surface area contributed by atoms with Crippen LogP contribution in [-0.2, 0) is 0 Å². The highest BCUT2D eigenvalue weighted by molar-refractivity contribution is 7.19. The number of hydrogen-bond donors (Lipinski definition) is 1. The van der Waals surface area contributed by atoms with Crippen LogP contribution < -0.4 is 5.32 Å². The Morgan fingerprint density at radius 2 is 1.87 bits per heavy atom. The third-order valence-corrected chi connectivity index (χ3v) is 3.19. The summed E-state index contributed by atoms with van der Waals surface area (Å²) in [6.45, 7) is 8.68. The molecular formula is C13H17NS. The van der Waals surface area contributed by atoms with Crippen LogP contribution in [0.1, 0.15) is 25.6 Å². The second-order valence-corrected chi connectivity index (χ2v) is 6.27. The molecule has 0 saturated carbocycles. The number of benzene rings is 1. The normalized spacial score (nSPS) is 12.0. The minimum absolute atomic E-state index is 0.124. The second kappa shape index (κ2) is 3.53. The molecule has 2 rings (SSSR count). The van der Waals surface area contributed by atoms with Gasteiger partial charge in [-0.25, -0.2) is 0 Å². The van der Waals surface area contributed by atoms with Crippen LogP contribution in [0.2, 0.25) is 0 Å². The molecule has 0 unspecified atom stereocenters. The molecule has 2 heteroatoms. The van der Waals surface area contributed by atoms with E-state index in [-0.39, 0.29) is 5.54 Å². The topological polar surface area (TPSA) is 12.0 Å². The first-order valence-electron chi connectivity index (χ1n) is 5.22. The second-order valence-electron chi connectivity index (χ2n) is 4.98. The molecule has 0 fully saturated rings. The van der Waals surface area contributed by atoms with Crippen LogP contribution in [0.3, 0.4) is 0 Å². The van der Waals surface area contributed by atoms with Gasteiger partial charge in [0, 0.05) is 20.8 Å². The lowest BCUT2D eigenvalue weighted by Gasteiger charge is -2.22. The molecule has 0 aliphatic heterocycles. The van der Waals surface area contributed by atoms with Gasteiger partial charge < -0.3 is 5.32 Å². The van der Waals surface area contributed by atoms with Crippen LogP contribution in [0.25, 0.3) is 10.1 Å². The van der Waals surface area contributed by atoms with Gasteiger partial charge in [-0.3, -0.25) is 0 Å². The summed E-state index contributed by atoms with van der Waals surface area (Å²) in [6.07, 6.45) is 0.